The molecule has 724 valence electrons. The summed E-state index contributed by atoms with van der Waals surface area (Å²) in [4.78, 5) is 141. The SMILES string of the molecule is C=C1C[C@@H](C(=O)O)N(CC2=C(C(=O)OCC)[C@H](c3ccc(F)cc3Br)N=C(c3nccs3)N2)C1.CCOC(=O)C1=C(CN2CC(F)(F)C[C@H]2C(=O)O)NC(c2nccs2)=N[C@H]1c1ccc(F)cc1Br.CCOC(=O)C1=C(CN2C[C@@H](F)C[C@H]2C(=O)O)NC(c2nccs2)=N[C@H]1c1ccc(F)cc1Br.CCOC(=O)C1=C(CN2C[C@H](F)C[C@H]2C(=O)O)NC(c2nccs2)=N[C@H]1c1ccc(F)cc1Br. The lowest BCUT2D eigenvalue weighted by atomic mass is 9.95. The summed E-state index contributed by atoms with van der Waals surface area (Å²) in [5.74, 6) is -10.9. The number of carbonyl (C=O) groups excluding carboxylic acids is 4. The van der Waals surface area contributed by atoms with Gasteiger partial charge in [-0.25, -0.2) is 74.2 Å². The summed E-state index contributed by atoms with van der Waals surface area (Å²) in [7, 11) is 0. The number of likely N-dealkylation sites (tertiary alicyclic amines) is 4. The molecule has 4 saturated heterocycles. The molecule has 8 aromatic rings. The second-order valence-corrected chi connectivity index (χ2v) is 38.2. The van der Waals surface area contributed by atoms with Crippen molar-refractivity contribution in [3.05, 3.63) is 260 Å². The Morgan fingerprint density at radius 3 is 0.942 bits per heavy atom. The molecule has 0 radical (unpaired) electrons. The molecule has 4 fully saturated rings. The molecule has 0 saturated carbocycles. The Labute approximate surface area is 826 Å². The van der Waals surface area contributed by atoms with Crippen LogP contribution < -0.4 is 21.3 Å². The number of carbonyl (C=O) groups is 8. The zero-order valence-electron chi connectivity index (χ0n) is 72.6. The van der Waals surface area contributed by atoms with Crippen molar-refractivity contribution in [3.8, 4) is 0 Å². The van der Waals surface area contributed by atoms with Gasteiger partial charge in [0, 0.05) is 152 Å². The number of hydrogen-bond donors (Lipinski definition) is 8. The molecule has 32 nitrogen and oxygen atoms in total. The second kappa shape index (κ2) is 46.1. The van der Waals surface area contributed by atoms with Gasteiger partial charge in [-0.3, -0.25) is 58.7 Å². The first-order valence-corrected chi connectivity index (χ1v) is 48.7. The molecule has 8 N–H and O–H groups in total. The third-order valence-corrected chi connectivity index (χ3v) is 27.9. The number of carboxylic acids is 4. The van der Waals surface area contributed by atoms with Crippen molar-refractivity contribution in [2.24, 2.45) is 20.0 Å². The Balaban J connectivity index is 0.000000154. The van der Waals surface area contributed by atoms with E-state index < -0.39 is 151 Å². The van der Waals surface area contributed by atoms with E-state index >= 15 is 0 Å². The maximum atomic E-state index is 14.2. The summed E-state index contributed by atoms with van der Waals surface area (Å²) in [6.07, 6.45) is 3.01. The maximum absolute atomic E-state index is 14.2. The number of ether oxygens (including phenoxy) is 4. The molecule has 8 aliphatic heterocycles. The van der Waals surface area contributed by atoms with Gasteiger partial charge in [0.1, 0.15) is 83.9 Å². The largest absolute Gasteiger partial charge is 0.480 e. The normalized spacial score (nSPS) is 22.2. The van der Waals surface area contributed by atoms with Gasteiger partial charge in [-0.05, 0) is 105 Å². The predicted octanol–water partition coefficient (Wildman–Crippen LogP) is 14.3. The highest BCUT2D eigenvalue weighted by atomic mass is 79.9. The molecule has 8 aliphatic rings. The Morgan fingerprint density at radius 1 is 0.423 bits per heavy atom. The molecule has 4 aromatic carbocycles. The minimum absolute atomic E-state index is 0.0128. The third kappa shape index (κ3) is 25.0. The van der Waals surface area contributed by atoms with Gasteiger partial charge < -0.3 is 60.6 Å². The standard InChI is InChI=1S/C23H22BrFN4O4S.C22H20BrF3N4O4S.2C22H21BrF2N4O4S/c1-3-33-23(32)18-16(11-29-10-12(2)8-17(29)22(30)31)27-20(21-26-6-7-34-21)28-19(18)14-5-4-13(25)9-15(14)24;1-2-34-21(33)16-14(9-30-10-22(25,26)8-15(30)20(31)32)28-18(19-27-5-6-35-19)29-17(16)12-4-3-11(24)7-13(12)23;2*1-2-33-22(32)17-15(10-29-9-12(25)8-16(29)21(30)31)27-19(20-26-5-6-34-20)28-18(17)13-4-3-11(24)7-14(13)23/h4-7,9,17,19H,2-3,8,10-11H2,1H3,(H,27,28)(H,30,31);3-7,15,17H,2,8-10H2,1H3,(H,28,29)(H,31,32);2*3-7,12,16,18H,2,8-10H2,1H3,(H,27,28)(H,30,31)/t17-,19-;15-,17-;12-,16+,18+;12-,16-,18-/m0010/s1. The number of benzene rings is 4. The summed E-state index contributed by atoms with van der Waals surface area (Å²) in [5.41, 5.74) is 4.64. The molecule has 0 unspecified atom stereocenters. The quantitative estimate of drug-likeness (QED) is 0.00977. The number of halogens is 12. The summed E-state index contributed by atoms with van der Waals surface area (Å²) in [6.45, 7) is 10.1. The second-order valence-electron chi connectivity index (χ2n) is 31.2. The number of aliphatic carboxylic acids is 4. The van der Waals surface area contributed by atoms with Crippen LogP contribution in [0.2, 0.25) is 0 Å². The fourth-order valence-electron chi connectivity index (χ4n) is 16.2. The van der Waals surface area contributed by atoms with Crippen molar-refractivity contribution >= 4 is 180 Å². The first-order valence-electron chi connectivity index (χ1n) is 42.0. The fourth-order valence-corrected chi connectivity index (χ4v) is 20.8. The number of amidine groups is 4. The monoisotopic (exact) mass is 2230 g/mol. The van der Waals surface area contributed by atoms with E-state index in [2.05, 4.69) is 116 Å². The van der Waals surface area contributed by atoms with Gasteiger partial charge in [0.25, 0.3) is 5.92 Å². The number of aromatic nitrogens is 4. The van der Waals surface area contributed by atoms with Crippen LogP contribution in [0.1, 0.15) is 120 Å². The third-order valence-electron chi connectivity index (χ3n) is 22.1. The van der Waals surface area contributed by atoms with Crippen LogP contribution in [0.25, 0.3) is 0 Å². The van der Waals surface area contributed by atoms with E-state index in [0.29, 0.717) is 108 Å². The smallest absolute Gasteiger partial charge is 0.338 e. The molecule has 0 bridgehead atoms. The number of aliphatic imine (C=N–C) groups is 4. The van der Waals surface area contributed by atoms with E-state index in [1.807, 2.05) is 0 Å². The topological polar surface area (TPSA) is 416 Å². The number of rotatable bonds is 28. The van der Waals surface area contributed by atoms with Crippen LogP contribution in [0.15, 0.2) is 214 Å². The minimum Gasteiger partial charge on any atom is -0.480 e. The average Bonchev–Trinajstić information content (AvgIpc) is 1.78. The van der Waals surface area contributed by atoms with E-state index in [-0.39, 0.29) is 112 Å². The number of hydrogen-bond acceptors (Lipinski definition) is 32. The zero-order valence-corrected chi connectivity index (χ0v) is 82.2. The van der Waals surface area contributed by atoms with Crippen molar-refractivity contribution in [2.45, 2.75) is 120 Å². The molecular weight excluding hydrogens is 2150 g/mol. The molecule has 48 heteroatoms. The first-order chi connectivity index (χ1) is 65.4. The molecule has 0 amide bonds. The molecule has 4 aromatic heterocycles. The number of esters is 4. The summed E-state index contributed by atoms with van der Waals surface area (Å²) in [5, 5.41) is 60.0. The van der Waals surface area contributed by atoms with Crippen LogP contribution in [0.4, 0.5) is 35.1 Å². The van der Waals surface area contributed by atoms with E-state index in [1.54, 1.807) is 85.0 Å². The average molecular weight is 2230 g/mol. The Kier molecular flexibility index (Phi) is 34.8. The Bertz CT molecular complexity index is 6000. The van der Waals surface area contributed by atoms with Crippen LogP contribution in [0.3, 0.4) is 0 Å². The van der Waals surface area contributed by atoms with Crippen LogP contribution in [0, 0.1) is 23.3 Å². The summed E-state index contributed by atoms with van der Waals surface area (Å²) < 4.78 is 135. The van der Waals surface area contributed by atoms with Gasteiger partial charge in [0.05, 0.1) is 55.3 Å². The van der Waals surface area contributed by atoms with Crippen molar-refractivity contribution in [1.82, 2.24) is 60.8 Å². The van der Waals surface area contributed by atoms with E-state index in [4.69, 9.17) is 33.9 Å². The van der Waals surface area contributed by atoms with Gasteiger partial charge in [0.2, 0.25) is 0 Å². The molecule has 16 rings (SSSR count). The highest BCUT2D eigenvalue weighted by molar-refractivity contribution is 9.11. The van der Waals surface area contributed by atoms with Crippen molar-refractivity contribution in [2.75, 3.05) is 78.8 Å². The van der Waals surface area contributed by atoms with Crippen molar-refractivity contribution < 1.29 is 113 Å². The van der Waals surface area contributed by atoms with Gasteiger partial charge in [-0.1, -0.05) is 100 Å². The van der Waals surface area contributed by atoms with Gasteiger partial charge in [-0.15, -0.1) is 45.3 Å². The molecule has 0 aliphatic carbocycles. The van der Waals surface area contributed by atoms with Gasteiger partial charge >= 0.3 is 47.8 Å². The highest BCUT2D eigenvalue weighted by Gasteiger charge is 2.51. The fraction of sp³-hybridized carbons (Fsp3) is 0.348. The maximum Gasteiger partial charge on any atom is 0.338 e. The van der Waals surface area contributed by atoms with Crippen molar-refractivity contribution in [1.29, 1.82) is 0 Å². The lowest BCUT2D eigenvalue weighted by molar-refractivity contribution is -0.143. The molecule has 10 atom stereocenters. The molecular formula is C89H84Br4F8N16O16S4. The minimum atomic E-state index is -3.20. The first kappa shape index (κ1) is 103. The van der Waals surface area contributed by atoms with Crippen LogP contribution in [-0.2, 0) is 57.3 Å². The molecule has 137 heavy (non-hydrogen) atoms. The summed E-state index contributed by atoms with van der Waals surface area (Å²) in [6, 6.07) is 8.28. The lowest BCUT2D eigenvalue weighted by Gasteiger charge is -2.30. The number of carboxylic acid groups (broad SMARTS) is 4. The van der Waals surface area contributed by atoms with Crippen LogP contribution >= 0.6 is 109 Å². The van der Waals surface area contributed by atoms with E-state index in [9.17, 15) is 93.9 Å². The zero-order chi connectivity index (χ0) is 98.5. The molecule has 0 spiro atoms. The van der Waals surface area contributed by atoms with Gasteiger partial charge in [0.15, 0.2) is 43.4 Å². The Hall–Kier alpha value is -11.1. The number of alkyl halides is 4. The summed E-state index contributed by atoms with van der Waals surface area (Å²) >= 11 is 18.7. The Morgan fingerprint density at radius 2 is 0.693 bits per heavy atom. The molecule has 12 heterocycles. The van der Waals surface area contributed by atoms with E-state index in [1.165, 1.54) is 122 Å². The van der Waals surface area contributed by atoms with Crippen molar-refractivity contribution in [3.63, 3.8) is 0 Å². The van der Waals surface area contributed by atoms with Crippen LogP contribution in [0.5, 0.6) is 0 Å². The number of nitrogens with one attached hydrogen (secondary N) is 4. The van der Waals surface area contributed by atoms with Crippen LogP contribution in [-0.4, -0.2) is 252 Å². The van der Waals surface area contributed by atoms with Gasteiger partial charge in [-0.2, -0.15) is 0 Å². The van der Waals surface area contributed by atoms with E-state index in [0.717, 1.165) is 10.5 Å². The lowest BCUT2D eigenvalue weighted by Crippen LogP contribution is -2.43. The number of thiazole rings is 4. The predicted molar refractivity (Wildman–Crippen MR) is 503 cm³/mol. The highest BCUT2D eigenvalue weighted by Crippen LogP contribution is 2.45. The number of nitrogens with zero attached hydrogens (tertiary/aromatic N) is 12.